The number of benzene rings is 2. The van der Waals surface area contributed by atoms with Crippen LogP contribution >= 0.6 is 11.6 Å². The molecule has 1 aliphatic heterocycles. The number of aryl methyl sites for hydroxylation is 1. The second kappa shape index (κ2) is 8.36. The Hall–Kier alpha value is -2.83. The SMILES string of the molecule is Cc1cc2oc3c(c(=O)c2cc1Cl)C(c1cccc(O)c1)N(CCCOC(C)C)C3=O. The molecule has 6 nitrogen and oxygen atoms in total. The van der Waals surface area contributed by atoms with Crippen LogP contribution in [0.1, 0.15) is 53.6 Å². The standard InChI is InChI=1S/C24H24ClNO5/c1-13(2)30-9-5-8-26-21(15-6-4-7-16(27)11-15)20-22(28)17-12-18(25)14(3)10-19(17)31-23(20)24(26)29/h4,6-7,10-13,21,27H,5,8-9H2,1-3H3. The first-order chi connectivity index (χ1) is 14.8. The molecule has 1 unspecified atom stereocenters. The van der Waals surface area contributed by atoms with Crippen molar-refractivity contribution in [2.24, 2.45) is 0 Å². The maximum Gasteiger partial charge on any atom is 0.290 e. The van der Waals surface area contributed by atoms with Crippen LogP contribution in [0.25, 0.3) is 11.0 Å². The Kier molecular flexibility index (Phi) is 5.77. The monoisotopic (exact) mass is 441 g/mol. The van der Waals surface area contributed by atoms with Gasteiger partial charge in [0.1, 0.15) is 11.3 Å². The Morgan fingerprint density at radius 3 is 2.71 bits per heavy atom. The fourth-order valence-corrected chi connectivity index (χ4v) is 4.13. The van der Waals surface area contributed by atoms with Crippen molar-refractivity contribution in [3.05, 3.63) is 74.1 Å². The maximum absolute atomic E-state index is 13.5. The molecule has 2 heterocycles. The normalized spacial score (nSPS) is 15.8. The van der Waals surface area contributed by atoms with Gasteiger partial charge in [0.25, 0.3) is 5.91 Å². The molecular weight excluding hydrogens is 418 g/mol. The number of nitrogens with zero attached hydrogens (tertiary/aromatic N) is 1. The molecule has 1 aliphatic rings. The highest BCUT2D eigenvalue weighted by Gasteiger charge is 2.42. The van der Waals surface area contributed by atoms with Gasteiger partial charge in [0.15, 0.2) is 5.43 Å². The zero-order valence-corrected chi connectivity index (χ0v) is 18.4. The number of carbonyl (C=O) groups excluding carboxylic acids is 1. The number of ether oxygens (including phenoxy) is 1. The molecule has 7 heteroatoms. The van der Waals surface area contributed by atoms with Gasteiger partial charge in [-0.05, 0) is 62.6 Å². The summed E-state index contributed by atoms with van der Waals surface area (Å²) in [5.74, 6) is -0.248. The molecule has 1 atom stereocenters. The van der Waals surface area contributed by atoms with E-state index in [9.17, 15) is 14.7 Å². The first-order valence-corrected chi connectivity index (χ1v) is 10.6. The second-order valence-corrected chi connectivity index (χ2v) is 8.45. The van der Waals surface area contributed by atoms with Crippen LogP contribution in [0.15, 0.2) is 45.6 Å². The molecule has 0 saturated heterocycles. The molecule has 0 bridgehead atoms. The summed E-state index contributed by atoms with van der Waals surface area (Å²) < 4.78 is 11.6. The fourth-order valence-electron chi connectivity index (χ4n) is 3.97. The molecule has 162 valence electrons. The van der Waals surface area contributed by atoms with Crippen LogP contribution in [-0.4, -0.2) is 35.2 Å². The summed E-state index contributed by atoms with van der Waals surface area (Å²) >= 11 is 6.25. The smallest absolute Gasteiger partial charge is 0.290 e. The summed E-state index contributed by atoms with van der Waals surface area (Å²) in [4.78, 5) is 28.4. The number of aromatic hydroxyl groups is 1. The van der Waals surface area contributed by atoms with Crippen LogP contribution in [0.4, 0.5) is 0 Å². The number of phenolic OH excluding ortho intramolecular Hbond substituents is 1. The van der Waals surface area contributed by atoms with Gasteiger partial charge in [0, 0.05) is 18.2 Å². The molecule has 0 spiro atoms. The highest BCUT2D eigenvalue weighted by Crippen LogP contribution is 2.39. The lowest BCUT2D eigenvalue weighted by Crippen LogP contribution is -2.31. The fraction of sp³-hybridized carbons (Fsp3) is 0.333. The molecule has 1 aromatic heterocycles. The molecule has 2 aromatic carbocycles. The van der Waals surface area contributed by atoms with Gasteiger partial charge in [-0.3, -0.25) is 9.59 Å². The van der Waals surface area contributed by atoms with Crippen LogP contribution in [-0.2, 0) is 4.74 Å². The van der Waals surface area contributed by atoms with Crippen molar-refractivity contribution in [2.75, 3.05) is 13.2 Å². The third-order valence-electron chi connectivity index (χ3n) is 5.43. The van der Waals surface area contributed by atoms with E-state index in [0.29, 0.717) is 41.1 Å². The average Bonchev–Trinajstić information content (AvgIpc) is 2.99. The van der Waals surface area contributed by atoms with Crippen LogP contribution in [0.2, 0.25) is 5.02 Å². The minimum absolute atomic E-state index is 0.0392. The van der Waals surface area contributed by atoms with Crippen LogP contribution in [0.5, 0.6) is 5.75 Å². The third-order valence-corrected chi connectivity index (χ3v) is 5.83. The quantitative estimate of drug-likeness (QED) is 0.554. The summed E-state index contributed by atoms with van der Waals surface area (Å²) in [5.41, 5.74) is 1.71. The van der Waals surface area contributed by atoms with Gasteiger partial charge in [-0.15, -0.1) is 0 Å². The minimum Gasteiger partial charge on any atom is -0.508 e. The van der Waals surface area contributed by atoms with Gasteiger partial charge in [-0.2, -0.15) is 0 Å². The first-order valence-electron chi connectivity index (χ1n) is 10.3. The highest BCUT2D eigenvalue weighted by molar-refractivity contribution is 6.32. The van der Waals surface area contributed by atoms with Gasteiger partial charge >= 0.3 is 0 Å². The highest BCUT2D eigenvalue weighted by atomic mass is 35.5. The van der Waals surface area contributed by atoms with E-state index in [0.717, 1.165) is 5.56 Å². The molecule has 0 aliphatic carbocycles. The van der Waals surface area contributed by atoms with Crippen molar-refractivity contribution in [2.45, 2.75) is 39.3 Å². The largest absolute Gasteiger partial charge is 0.508 e. The van der Waals surface area contributed by atoms with Gasteiger partial charge in [0.05, 0.1) is 23.1 Å². The molecule has 0 fully saturated rings. The average molecular weight is 442 g/mol. The number of hydrogen-bond acceptors (Lipinski definition) is 5. The zero-order chi connectivity index (χ0) is 22.3. The second-order valence-electron chi connectivity index (χ2n) is 8.04. The Balaban J connectivity index is 1.85. The molecular formula is C24H24ClNO5. The lowest BCUT2D eigenvalue weighted by atomic mass is 9.98. The van der Waals surface area contributed by atoms with E-state index >= 15 is 0 Å². The van der Waals surface area contributed by atoms with E-state index in [4.69, 9.17) is 20.8 Å². The number of halogens is 1. The number of amides is 1. The number of fused-ring (bicyclic) bond motifs is 2. The lowest BCUT2D eigenvalue weighted by Gasteiger charge is -2.25. The number of rotatable bonds is 6. The van der Waals surface area contributed by atoms with Crippen molar-refractivity contribution < 1.29 is 19.1 Å². The Bertz CT molecular complexity index is 1220. The van der Waals surface area contributed by atoms with E-state index < -0.39 is 6.04 Å². The van der Waals surface area contributed by atoms with Crippen LogP contribution in [0, 0.1) is 6.92 Å². The Morgan fingerprint density at radius 2 is 2.00 bits per heavy atom. The minimum atomic E-state index is -0.658. The van der Waals surface area contributed by atoms with Crippen molar-refractivity contribution in [3.8, 4) is 5.75 Å². The molecule has 3 aromatic rings. The van der Waals surface area contributed by atoms with Gasteiger partial charge in [-0.1, -0.05) is 23.7 Å². The van der Waals surface area contributed by atoms with Gasteiger partial charge in [-0.25, -0.2) is 0 Å². The van der Waals surface area contributed by atoms with Crippen molar-refractivity contribution in [1.82, 2.24) is 4.90 Å². The molecule has 0 radical (unpaired) electrons. The molecule has 1 amide bonds. The predicted molar refractivity (Wildman–Crippen MR) is 119 cm³/mol. The van der Waals surface area contributed by atoms with Crippen molar-refractivity contribution in [3.63, 3.8) is 0 Å². The van der Waals surface area contributed by atoms with Crippen LogP contribution in [0.3, 0.4) is 0 Å². The summed E-state index contributed by atoms with van der Waals surface area (Å²) in [6.45, 7) is 6.59. The molecule has 0 saturated carbocycles. The Morgan fingerprint density at radius 1 is 1.23 bits per heavy atom. The van der Waals surface area contributed by atoms with Crippen molar-refractivity contribution >= 4 is 28.5 Å². The Labute approximate surface area is 185 Å². The first kappa shape index (κ1) is 21.4. The van der Waals surface area contributed by atoms with Gasteiger partial charge < -0.3 is 19.2 Å². The molecule has 1 N–H and O–H groups in total. The molecule has 31 heavy (non-hydrogen) atoms. The number of carbonyl (C=O) groups is 1. The van der Waals surface area contributed by atoms with E-state index in [1.807, 2.05) is 20.8 Å². The van der Waals surface area contributed by atoms with E-state index in [1.165, 1.54) is 0 Å². The lowest BCUT2D eigenvalue weighted by molar-refractivity contribution is 0.0593. The number of phenols is 1. The summed E-state index contributed by atoms with van der Waals surface area (Å²) in [7, 11) is 0. The third kappa shape index (κ3) is 3.93. The summed E-state index contributed by atoms with van der Waals surface area (Å²) in [6, 6.07) is 9.20. The predicted octanol–water partition coefficient (Wildman–Crippen LogP) is 4.82. The van der Waals surface area contributed by atoms with E-state index in [-0.39, 0.29) is 34.5 Å². The summed E-state index contributed by atoms with van der Waals surface area (Å²) in [6.07, 6.45) is 0.696. The number of hydrogen-bond donors (Lipinski definition) is 1. The maximum atomic E-state index is 13.5. The van der Waals surface area contributed by atoms with Gasteiger partial charge in [0.2, 0.25) is 5.76 Å². The van der Waals surface area contributed by atoms with E-state index in [1.54, 1.807) is 41.3 Å². The zero-order valence-electron chi connectivity index (χ0n) is 17.6. The summed E-state index contributed by atoms with van der Waals surface area (Å²) in [5, 5.41) is 10.8. The topological polar surface area (TPSA) is 80.0 Å². The van der Waals surface area contributed by atoms with Crippen LogP contribution < -0.4 is 5.43 Å². The molecule has 4 rings (SSSR count). The van der Waals surface area contributed by atoms with E-state index in [2.05, 4.69) is 0 Å². The van der Waals surface area contributed by atoms with Crippen molar-refractivity contribution in [1.29, 1.82) is 0 Å².